The molecular formula is C18H12FN. The molecule has 0 saturated heterocycles. The molecule has 4 rings (SSSR count). The fraction of sp³-hybridized carbons (Fsp3) is 0.0556. The second kappa shape index (κ2) is 4.01. The molecule has 2 heteroatoms. The zero-order valence-corrected chi connectivity index (χ0v) is 10.5. The van der Waals surface area contributed by atoms with Crippen molar-refractivity contribution in [2.45, 2.75) is 6.85 Å². The maximum atomic E-state index is 13.7. The summed E-state index contributed by atoms with van der Waals surface area (Å²) in [5.74, 6) is -0.305. The third-order valence-corrected chi connectivity index (χ3v) is 3.63. The van der Waals surface area contributed by atoms with Crippen molar-refractivity contribution in [3.63, 3.8) is 0 Å². The fourth-order valence-corrected chi connectivity index (χ4v) is 2.78. The van der Waals surface area contributed by atoms with Crippen LogP contribution in [0.1, 0.15) is 9.68 Å². The largest absolute Gasteiger partial charge is 0.255 e. The molecule has 4 aromatic rings. The van der Waals surface area contributed by atoms with Gasteiger partial charge in [-0.1, -0.05) is 24.3 Å². The molecule has 1 heterocycles. The van der Waals surface area contributed by atoms with Crippen LogP contribution in [0.2, 0.25) is 0 Å². The first-order chi connectivity index (χ1) is 10.9. The molecule has 0 aliphatic heterocycles. The number of nitrogens with zero attached hydrogens (tertiary/aromatic N) is 1. The number of fused-ring (bicyclic) bond motifs is 6. The van der Waals surface area contributed by atoms with Crippen LogP contribution in [-0.4, -0.2) is 4.98 Å². The van der Waals surface area contributed by atoms with Crippen molar-refractivity contribution in [3.8, 4) is 0 Å². The zero-order chi connectivity index (χ0) is 16.2. The number of halogens is 1. The molecule has 3 aromatic carbocycles. The first kappa shape index (κ1) is 8.64. The lowest BCUT2D eigenvalue weighted by Gasteiger charge is -2.10. The number of benzene rings is 3. The average Bonchev–Trinajstić information content (AvgIpc) is 2.53. The minimum Gasteiger partial charge on any atom is -0.255 e. The van der Waals surface area contributed by atoms with Gasteiger partial charge in [0.05, 0.1) is 5.52 Å². The highest BCUT2D eigenvalue weighted by Crippen LogP contribution is 2.34. The standard InChI is InChI=1S/C18H12FN/c1-11-8-17-14-5-3-2-4-13(14)16-9-12(19)6-7-15(16)18(17)20-10-11/h2-10H,1H3/i1D3. The van der Waals surface area contributed by atoms with Crippen molar-refractivity contribution in [1.29, 1.82) is 0 Å². The minimum atomic E-state index is -2.21. The Kier molecular flexibility index (Phi) is 1.73. The summed E-state index contributed by atoms with van der Waals surface area (Å²) in [5.41, 5.74) is 0.892. The summed E-state index contributed by atoms with van der Waals surface area (Å²) < 4.78 is 36.5. The third kappa shape index (κ3) is 1.51. The Labute approximate surface area is 119 Å². The quantitative estimate of drug-likeness (QED) is 0.408. The Balaban J connectivity index is 2.27. The summed E-state index contributed by atoms with van der Waals surface area (Å²) in [5, 5.41) is 4.13. The molecule has 0 atom stereocenters. The summed E-state index contributed by atoms with van der Waals surface area (Å²) in [6.45, 7) is -2.21. The average molecular weight is 264 g/mol. The predicted octanol–water partition coefficient (Wildman–Crippen LogP) is 4.99. The molecule has 0 aliphatic carbocycles. The van der Waals surface area contributed by atoms with Crippen molar-refractivity contribution < 1.29 is 8.50 Å². The lowest BCUT2D eigenvalue weighted by Crippen LogP contribution is -1.88. The van der Waals surface area contributed by atoms with Gasteiger partial charge in [0.1, 0.15) is 5.82 Å². The van der Waals surface area contributed by atoms with Gasteiger partial charge in [-0.25, -0.2) is 4.39 Å². The van der Waals surface area contributed by atoms with Crippen LogP contribution in [0.15, 0.2) is 54.7 Å². The van der Waals surface area contributed by atoms with Crippen LogP contribution in [0.5, 0.6) is 0 Å². The third-order valence-electron chi connectivity index (χ3n) is 3.63. The highest BCUT2D eigenvalue weighted by Gasteiger charge is 2.09. The molecule has 0 aliphatic rings. The Morgan fingerprint density at radius 1 is 0.900 bits per heavy atom. The highest BCUT2D eigenvalue weighted by molar-refractivity contribution is 6.24. The normalized spacial score (nSPS) is 14.3. The molecular weight excluding hydrogens is 249 g/mol. The van der Waals surface area contributed by atoms with Crippen molar-refractivity contribution in [1.82, 2.24) is 4.98 Å². The Hall–Kier alpha value is -2.48. The van der Waals surface area contributed by atoms with Crippen LogP contribution in [0.3, 0.4) is 0 Å². The first-order valence-electron chi connectivity index (χ1n) is 7.85. The molecule has 1 nitrogen and oxygen atoms in total. The lowest BCUT2D eigenvalue weighted by molar-refractivity contribution is 0.630. The highest BCUT2D eigenvalue weighted by atomic mass is 19.1. The molecule has 0 spiro atoms. The zero-order valence-electron chi connectivity index (χ0n) is 13.5. The molecule has 0 radical (unpaired) electrons. The van der Waals surface area contributed by atoms with Crippen LogP contribution in [-0.2, 0) is 0 Å². The van der Waals surface area contributed by atoms with E-state index in [1.54, 1.807) is 12.1 Å². The van der Waals surface area contributed by atoms with E-state index in [0.29, 0.717) is 5.52 Å². The number of aryl methyl sites for hydroxylation is 1. The molecule has 0 N–H and O–H groups in total. The van der Waals surface area contributed by atoms with Gasteiger partial charge >= 0.3 is 0 Å². The van der Waals surface area contributed by atoms with Crippen molar-refractivity contribution in [2.75, 3.05) is 0 Å². The number of aromatic nitrogens is 1. The van der Waals surface area contributed by atoms with E-state index in [9.17, 15) is 4.39 Å². The van der Waals surface area contributed by atoms with E-state index in [1.165, 1.54) is 18.3 Å². The van der Waals surface area contributed by atoms with E-state index in [-0.39, 0.29) is 11.4 Å². The Bertz CT molecular complexity index is 1050. The van der Waals surface area contributed by atoms with Gasteiger partial charge in [-0.3, -0.25) is 4.98 Å². The second-order valence-electron chi connectivity index (χ2n) is 4.86. The monoisotopic (exact) mass is 264 g/mol. The van der Waals surface area contributed by atoms with Gasteiger partial charge in [-0.2, -0.15) is 0 Å². The minimum absolute atomic E-state index is 0.205. The van der Waals surface area contributed by atoms with Crippen LogP contribution in [0.25, 0.3) is 32.4 Å². The molecule has 0 saturated carbocycles. The second-order valence-corrected chi connectivity index (χ2v) is 4.86. The topological polar surface area (TPSA) is 12.9 Å². The van der Waals surface area contributed by atoms with Crippen LogP contribution >= 0.6 is 0 Å². The van der Waals surface area contributed by atoms with Gasteiger partial charge in [0.25, 0.3) is 0 Å². The van der Waals surface area contributed by atoms with Gasteiger partial charge in [0.2, 0.25) is 0 Å². The first-order valence-corrected chi connectivity index (χ1v) is 6.35. The molecule has 96 valence electrons. The Morgan fingerprint density at radius 3 is 2.50 bits per heavy atom. The lowest BCUT2D eigenvalue weighted by atomic mass is 9.96. The number of rotatable bonds is 0. The summed E-state index contributed by atoms with van der Waals surface area (Å²) in [6.07, 6.45) is 1.38. The number of hydrogen-bond donors (Lipinski definition) is 0. The SMILES string of the molecule is [2H]C([2H])([2H])c1cnc2c3ccc(F)cc3c3ccccc3c2c1. The molecule has 1 aromatic heterocycles. The molecule has 0 amide bonds. The Morgan fingerprint density at radius 2 is 1.70 bits per heavy atom. The molecule has 0 bridgehead atoms. The summed E-state index contributed by atoms with van der Waals surface area (Å²) in [4.78, 5) is 4.37. The van der Waals surface area contributed by atoms with Crippen molar-refractivity contribution in [2.24, 2.45) is 0 Å². The van der Waals surface area contributed by atoms with E-state index >= 15 is 0 Å². The molecule has 0 fully saturated rings. The predicted molar refractivity (Wildman–Crippen MR) is 81.5 cm³/mol. The van der Waals surface area contributed by atoms with E-state index in [2.05, 4.69) is 4.98 Å². The van der Waals surface area contributed by atoms with Gasteiger partial charge in [-0.05, 0) is 52.8 Å². The molecule has 20 heavy (non-hydrogen) atoms. The van der Waals surface area contributed by atoms with Crippen LogP contribution in [0.4, 0.5) is 4.39 Å². The van der Waals surface area contributed by atoms with E-state index < -0.39 is 6.85 Å². The van der Waals surface area contributed by atoms with Gasteiger partial charge < -0.3 is 0 Å². The van der Waals surface area contributed by atoms with Gasteiger partial charge in [0.15, 0.2) is 0 Å². The van der Waals surface area contributed by atoms with Crippen molar-refractivity contribution >= 4 is 32.4 Å². The summed E-state index contributed by atoms with van der Waals surface area (Å²) in [7, 11) is 0. The number of hydrogen-bond acceptors (Lipinski definition) is 1. The van der Waals surface area contributed by atoms with Crippen LogP contribution < -0.4 is 0 Å². The fourth-order valence-electron chi connectivity index (χ4n) is 2.78. The van der Waals surface area contributed by atoms with E-state index in [1.807, 2.05) is 24.3 Å². The summed E-state index contributed by atoms with van der Waals surface area (Å²) in [6, 6.07) is 13.9. The smallest absolute Gasteiger partial charge is 0.123 e. The molecule has 0 unspecified atom stereocenters. The van der Waals surface area contributed by atoms with E-state index in [0.717, 1.165) is 26.9 Å². The number of pyridine rings is 1. The van der Waals surface area contributed by atoms with Gasteiger partial charge in [-0.15, -0.1) is 0 Å². The van der Waals surface area contributed by atoms with Gasteiger partial charge in [0, 0.05) is 21.1 Å². The van der Waals surface area contributed by atoms with E-state index in [4.69, 9.17) is 4.11 Å². The maximum absolute atomic E-state index is 13.7. The van der Waals surface area contributed by atoms with Crippen LogP contribution in [0, 0.1) is 12.7 Å². The van der Waals surface area contributed by atoms with Crippen molar-refractivity contribution in [3.05, 3.63) is 66.1 Å². The maximum Gasteiger partial charge on any atom is 0.123 e. The summed E-state index contributed by atoms with van der Waals surface area (Å²) >= 11 is 0.